The van der Waals surface area contributed by atoms with Crippen molar-refractivity contribution in [3.05, 3.63) is 0 Å². The van der Waals surface area contributed by atoms with Crippen molar-refractivity contribution in [3.63, 3.8) is 0 Å². The van der Waals surface area contributed by atoms with Gasteiger partial charge in [0.1, 0.15) is 0 Å². The summed E-state index contributed by atoms with van der Waals surface area (Å²) >= 11 is 2.13. The molecule has 0 aromatic rings. The van der Waals surface area contributed by atoms with Crippen LogP contribution in [0.5, 0.6) is 0 Å². The van der Waals surface area contributed by atoms with Crippen LogP contribution in [-0.4, -0.2) is 35.0 Å². The lowest BCUT2D eigenvalue weighted by molar-refractivity contribution is 0.0918. The van der Waals surface area contributed by atoms with Crippen LogP contribution in [0, 0.1) is 0 Å². The van der Waals surface area contributed by atoms with E-state index in [0.717, 1.165) is 0 Å². The summed E-state index contributed by atoms with van der Waals surface area (Å²) in [4.78, 5) is 2.79. The molecule has 1 rings (SSSR count). The summed E-state index contributed by atoms with van der Waals surface area (Å²) in [7, 11) is 0. The molecule has 1 unspecified atom stereocenters. The minimum Gasteiger partial charge on any atom is -0.296 e. The van der Waals surface area contributed by atoms with Gasteiger partial charge in [-0.2, -0.15) is 11.8 Å². The Labute approximate surface area is 113 Å². The maximum Gasteiger partial charge on any atom is 0.0182 e. The SMILES string of the molecule is CCCCCC(C)(CCCC)N1CCSCC1. The molecule has 0 aromatic heterocycles. The molecule has 102 valence electrons. The topological polar surface area (TPSA) is 3.24 Å². The molecule has 2 heteroatoms. The van der Waals surface area contributed by atoms with Crippen LogP contribution in [0.4, 0.5) is 0 Å². The van der Waals surface area contributed by atoms with Crippen LogP contribution < -0.4 is 0 Å². The van der Waals surface area contributed by atoms with Gasteiger partial charge >= 0.3 is 0 Å². The maximum atomic E-state index is 2.79. The fourth-order valence-corrected chi connectivity index (χ4v) is 3.76. The molecule has 1 nitrogen and oxygen atoms in total. The number of hydrogen-bond donors (Lipinski definition) is 0. The second-order valence-electron chi connectivity index (χ2n) is 5.66. The van der Waals surface area contributed by atoms with Crippen LogP contribution in [0.15, 0.2) is 0 Å². The molecule has 1 aliphatic rings. The van der Waals surface area contributed by atoms with Crippen molar-refractivity contribution in [1.82, 2.24) is 4.90 Å². The monoisotopic (exact) mass is 257 g/mol. The molecular weight excluding hydrogens is 226 g/mol. The van der Waals surface area contributed by atoms with Crippen molar-refractivity contribution in [1.29, 1.82) is 0 Å². The lowest BCUT2D eigenvalue weighted by atomic mass is 9.87. The third kappa shape index (κ3) is 5.21. The molecule has 0 radical (unpaired) electrons. The smallest absolute Gasteiger partial charge is 0.0182 e. The highest BCUT2D eigenvalue weighted by molar-refractivity contribution is 7.99. The molecule has 1 atom stereocenters. The molecule has 1 aliphatic heterocycles. The summed E-state index contributed by atoms with van der Waals surface area (Å²) in [5, 5.41) is 0. The first-order valence-electron chi connectivity index (χ1n) is 7.55. The highest BCUT2D eigenvalue weighted by Crippen LogP contribution is 2.30. The first kappa shape index (κ1) is 15.4. The molecule has 0 aromatic carbocycles. The molecule has 0 amide bonds. The van der Waals surface area contributed by atoms with Crippen molar-refractivity contribution in [2.75, 3.05) is 24.6 Å². The Bertz CT molecular complexity index is 189. The van der Waals surface area contributed by atoms with E-state index in [1.165, 1.54) is 69.5 Å². The van der Waals surface area contributed by atoms with Gasteiger partial charge in [-0.1, -0.05) is 46.0 Å². The van der Waals surface area contributed by atoms with Crippen LogP contribution in [0.3, 0.4) is 0 Å². The average molecular weight is 257 g/mol. The molecule has 1 fully saturated rings. The zero-order valence-corrected chi connectivity index (χ0v) is 13.0. The van der Waals surface area contributed by atoms with Gasteiger partial charge in [0.2, 0.25) is 0 Å². The Morgan fingerprint density at radius 3 is 2.12 bits per heavy atom. The van der Waals surface area contributed by atoms with Crippen molar-refractivity contribution in [2.24, 2.45) is 0 Å². The van der Waals surface area contributed by atoms with Gasteiger partial charge in [-0.25, -0.2) is 0 Å². The summed E-state index contributed by atoms with van der Waals surface area (Å²) < 4.78 is 0. The van der Waals surface area contributed by atoms with Gasteiger partial charge in [-0.05, 0) is 19.8 Å². The van der Waals surface area contributed by atoms with E-state index in [1.54, 1.807) is 0 Å². The molecule has 0 bridgehead atoms. The minimum atomic E-state index is 0.492. The summed E-state index contributed by atoms with van der Waals surface area (Å²) in [6.45, 7) is 9.78. The zero-order valence-electron chi connectivity index (χ0n) is 12.1. The van der Waals surface area contributed by atoms with Gasteiger partial charge in [0.25, 0.3) is 0 Å². The van der Waals surface area contributed by atoms with Crippen LogP contribution in [0.25, 0.3) is 0 Å². The highest BCUT2D eigenvalue weighted by atomic mass is 32.2. The molecule has 0 N–H and O–H groups in total. The first-order valence-corrected chi connectivity index (χ1v) is 8.71. The second kappa shape index (κ2) is 8.42. The van der Waals surface area contributed by atoms with Gasteiger partial charge in [0, 0.05) is 30.1 Å². The fraction of sp³-hybridized carbons (Fsp3) is 1.00. The number of hydrogen-bond acceptors (Lipinski definition) is 2. The van der Waals surface area contributed by atoms with Crippen molar-refractivity contribution in [3.8, 4) is 0 Å². The van der Waals surface area contributed by atoms with E-state index in [4.69, 9.17) is 0 Å². The number of nitrogens with zero attached hydrogens (tertiary/aromatic N) is 1. The fourth-order valence-electron chi connectivity index (χ4n) is 2.86. The van der Waals surface area contributed by atoms with Gasteiger partial charge in [-0.15, -0.1) is 0 Å². The quantitative estimate of drug-likeness (QED) is 0.586. The summed E-state index contributed by atoms with van der Waals surface area (Å²) in [5.41, 5.74) is 0.492. The van der Waals surface area contributed by atoms with E-state index in [0.29, 0.717) is 5.54 Å². The Hall–Kier alpha value is 0.310. The predicted octanol–water partition coefficient (Wildman–Crippen LogP) is 4.56. The molecule has 1 heterocycles. The Morgan fingerprint density at radius 1 is 0.941 bits per heavy atom. The normalized spacial score (nSPS) is 21.4. The van der Waals surface area contributed by atoms with Crippen LogP contribution >= 0.6 is 11.8 Å². The number of rotatable bonds is 8. The molecule has 0 aliphatic carbocycles. The zero-order chi connectivity index (χ0) is 12.6. The van der Waals surface area contributed by atoms with E-state index < -0.39 is 0 Å². The second-order valence-corrected chi connectivity index (χ2v) is 6.88. The van der Waals surface area contributed by atoms with Crippen molar-refractivity contribution < 1.29 is 0 Å². The summed E-state index contributed by atoms with van der Waals surface area (Å²) in [6.07, 6.45) is 9.71. The van der Waals surface area contributed by atoms with Crippen LogP contribution in [0.1, 0.15) is 65.7 Å². The Kier molecular flexibility index (Phi) is 7.61. The van der Waals surface area contributed by atoms with E-state index in [9.17, 15) is 0 Å². The Morgan fingerprint density at radius 2 is 1.53 bits per heavy atom. The number of thioether (sulfide) groups is 1. The average Bonchev–Trinajstić information content (AvgIpc) is 2.38. The van der Waals surface area contributed by atoms with E-state index in [1.807, 2.05) is 0 Å². The third-order valence-electron chi connectivity index (χ3n) is 4.16. The lowest BCUT2D eigenvalue weighted by Gasteiger charge is -2.44. The lowest BCUT2D eigenvalue weighted by Crippen LogP contribution is -2.50. The predicted molar refractivity (Wildman–Crippen MR) is 81.0 cm³/mol. The van der Waals surface area contributed by atoms with E-state index >= 15 is 0 Å². The summed E-state index contributed by atoms with van der Waals surface area (Å²) in [5.74, 6) is 2.69. The first-order chi connectivity index (χ1) is 8.23. The van der Waals surface area contributed by atoms with Gasteiger partial charge < -0.3 is 0 Å². The molecule has 1 saturated heterocycles. The van der Waals surface area contributed by atoms with Crippen LogP contribution in [0.2, 0.25) is 0 Å². The van der Waals surface area contributed by atoms with Crippen LogP contribution in [-0.2, 0) is 0 Å². The maximum absolute atomic E-state index is 2.79. The van der Waals surface area contributed by atoms with Gasteiger partial charge in [0.15, 0.2) is 0 Å². The molecular formula is C15H31NS. The largest absolute Gasteiger partial charge is 0.296 e. The van der Waals surface area contributed by atoms with Gasteiger partial charge in [0.05, 0.1) is 0 Å². The van der Waals surface area contributed by atoms with E-state index in [-0.39, 0.29) is 0 Å². The van der Waals surface area contributed by atoms with Gasteiger partial charge in [-0.3, -0.25) is 4.90 Å². The molecule has 0 saturated carbocycles. The Balaban J connectivity index is 2.48. The van der Waals surface area contributed by atoms with Crippen molar-refractivity contribution in [2.45, 2.75) is 71.3 Å². The number of unbranched alkanes of at least 4 members (excludes halogenated alkanes) is 3. The van der Waals surface area contributed by atoms with Crippen molar-refractivity contribution >= 4 is 11.8 Å². The van der Waals surface area contributed by atoms with E-state index in [2.05, 4.69) is 37.4 Å². The third-order valence-corrected chi connectivity index (χ3v) is 5.10. The molecule has 0 spiro atoms. The standard InChI is InChI=1S/C15H31NS/c1-4-6-8-10-15(3,9-7-5-2)16-11-13-17-14-12-16/h4-14H2,1-3H3. The molecule has 17 heavy (non-hydrogen) atoms. The summed E-state index contributed by atoms with van der Waals surface area (Å²) in [6, 6.07) is 0. The minimum absolute atomic E-state index is 0.492. The highest BCUT2D eigenvalue weighted by Gasteiger charge is 2.31.